The summed E-state index contributed by atoms with van der Waals surface area (Å²) in [6, 6.07) is 13.9. The summed E-state index contributed by atoms with van der Waals surface area (Å²) in [4.78, 5) is 15.3. The molecule has 1 heterocycles. The second-order valence-corrected chi connectivity index (χ2v) is 10.0. The summed E-state index contributed by atoms with van der Waals surface area (Å²) < 4.78 is 18.5. The Labute approximate surface area is 192 Å². The van der Waals surface area contributed by atoms with E-state index in [1.54, 1.807) is 25.1 Å². The normalized spacial score (nSPS) is 13.1. The van der Waals surface area contributed by atoms with E-state index >= 15 is 0 Å². The highest BCUT2D eigenvalue weighted by atomic mass is 32.2. The number of nitrogens with two attached hydrogens (primary N) is 1. The van der Waals surface area contributed by atoms with Crippen LogP contribution in [0.1, 0.15) is 16.1 Å². The molecule has 1 amide bonds. The lowest BCUT2D eigenvalue weighted by Gasteiger charge is -2.16. The standard InChI is InChI=1S/C25H31FN4OS/c1-17-24(18-8-7-9-21(14-18)32(6)29(4)5)22-15-19(25(31)28(2)3)10-11-23(22)30(17)16-20(26)12-13-27/h7-12,14-15H,6,13,16,27H2,1-5H3/b20-12-. The molecule has 170 valence electrons. The van der Waals surface area contributed by atoms with Gasteiger partial charge in [-0.25, -0.2) is 4.39 Å². The molecule has 0 aliphatic carbocycles. The van der Waals surface area contributed by atoms with Crippen molar-refractivity contribution in [1.82, 2.24) is 13.8 Å². The van der Waals surface area contributed by atoms with Gasteiger partial charge in [-0.05, 0) is 63.0 Å². The zero-order chi connectivity index (χ0) is 23.6. The van der Waals surface area contributed by atoms with Gasteiger partial charge in [0.25, 0.3) is 5.91 Å². The lowest BCUT2D eigenvalue weighted by Crippen LogP contribution is -2.21. The summed E-state index contributed by atoms with van der Waals surface area (Å²) >= 11 is 0. The van der Waals surface area contributed by atoms with Crippen LogP contribution in [0.15, 0.2) is 59.3 Å². The number of aromatic nitrogens is 1. The van der Waals surface area contributed by atoms with E-state index < -0.39 is 0 Å². The van der Waals surface area contributed by atoms with Gasteiger partial charge in [-0.2, -0.15) is 0 Å². The van der Waals surface area contributed by atoms with Gasteiger partial charge in [0.05, 0.1) is 6.54 Å². The first kappa shape index (κ1) is 23.9. The molecule has 32 heavy (non-hydrogen) atoms. The average molecular weight is 455 g/mol. The third-order valence-corrected chi connectivity index (χ3v) is 7.14. The van der Waals surface area contributed by atoms with Gasteiger partial charge in [-0.3, -0.25) is 9.10 Å². The lowest BCUT2D eigenvalue weighted by molar-refractivity contribution is 0.0828. The Morgan fingerprint density at radius 3 is 2.53 bits per heavy atom. The third kappa shape index (κ3) is 4.70. The molecule has 3 aromatic rings. The Morgan fingerprint density at radius 2 is 1.91 bits per heavy atom. The summed E-state index contributed by atoms with van der Waals surface area (Å²) in [5.74, 6) is 3.92. The van der Waals surface area contributed by atoms with Crippen LogP contribution < -0.4 is 5.73 Å². The van der Waals surface area contributed by atoms with Crippen LogP contribution in [0.3, 0.4) is 0 Å². The summed E-state index contributed by atoms with van der Waals surface area (Å²) in [7, 11) is 7.18. The van der Waals surface area contributed by atoms with Gasteiger partial charge in [0.2, 0.25) is 0 Å². The summed E-state index contributed by atoms with van der Waals surface area (Å²) in [5.41, 5.74) is 9.92. The van der Waals surface area contributed by atoms with Crippen molar-refractivity contribution < 1.29 is 9.18 Å². The van der Waals surface area contributed by atoms with Gasteiger partial charge in [0.15, 0.2) is 0 Å². The lowest BCUT2D eigenvalue weighted by atomic mass is 10.0. The van der Waals surface area contributed by atoms with Crippen LogP contribution in [-0.4, -0.2) is 60.3 Å². The van der Waals surface area contributed by atoms with Crippen LogP contribution in [0.5, 0.6) is 0 Å². The van der Waals surface area contributed by atoms with E-state index in [9.17, 15) is 9.18 Å². The van der Waals surface area contributed by atoms with Crippen molar-refractivity contribution in [2.24, 2.45) is 5.73 Å². The molecule has 0 fully saturated rings. The molecule has 0 aliphatic heterocycles. The Hall–Kier alpha value is -2.74. The molecule has 0 aliphatic rings. The number of hydrogen-bond acceptors (Lipinski definition) is 3. The van der Waals surface area contributed by atoms with E-state index in [1.165, 1.54) is 6.08 Å². The molecule has 7 heteroatoms. The molecule has 0 spiro atoms. The molecule has 1 unspecified atom stereocenters. The summed E-state index contributed by atoms with van der Waals surface area (Å²) in [6.45, 7) is 2.23. The number of hydrogen-bond donors (Lipinski definition) is 1. The highest BCUT2D eigenvalue weighted by molar-refractivity contribution is 8.12. The number of benzene rings is 2. The predicted molar refractivity (Wildman–Crippen MR) is 135 cm³/mol. The van der Waals surface area contributed by atoms with Gasteiger partial charge in [-0.1, -0.05) is 28.7 Å². The largest absolute Gasteiger partial charge is 0.345 e. The molecular weight excluding hydrogens is 423 g/mol. The topological polar surface area (TPSA) is 54.5 Å². The van der Waals surface area contributed by atoms with Crippen molar-refractivity contribution in [2.75, 3.05) is 34.7 Å². The molecule has 0 saturated carbocycles. The smallest absolute Gasteiger partial charge is 0.253 e. The molecule has 0 radical (unpaired) electrons. The minimum Gasteiger partial charge on any atom is -0.345 e. The molecule has 0 bridgehead atoms. The number of nitrogens with zero attached hydrogens (tertiary/aromatic N) is 3. The highest BCUT2D eigenvalue weighted by Crippen LogP contribution is 2.38. The fourth-order valence-electron chi connectivity index (χ4n) is 3.79. The van der Waals surface area contributed by atoms with Crippen LogP contribution in [0.25, 0.3) is 22.0 Å². The summed E-state index contributed by atoms with van der Waals surface area (Å²) in [6.07, 6.45) is 1.39. The van der Waals surface area contributed by atoms with E-state index in [4.69, 9.17) is 5.73 Å². The van der Waals surface area contributed by atoms with Gasteiger partial charge >= 0.3 is 0 Å². The van der Waals surface area contributed by atoms with E-state index in [0.29, 0.717) is 5.56 Å². The summed E-state index contributed by atoms with van der Waals surface area (Å²) in [5, 5.41) is 0.918. The maximum atomic E-state index is 14.5. The Balaban J connectivity index is 2.28. The van der Waals surface area contributed by atoms with Crippen LogP contribution in [0.2, 0.25) is 0 Å². The number of fused-ring (bicyclic) bond motifs is 1. The monoisotopic (exact) mass is 454 g/mol. The number of allylic oxidation sites excluding steroid dienone is 1. The van der Waals surface area contributed by atoms with Crippen LogP contribution in [0, 0.1) is 6.92 Å². The zero-order valence-corrected chi connectivity index (χ0v) is 20.2. The van der Waals surface area contributed by atoms with Crippen molar-refractivity contribution in [2.45, 2.75) is 18.4 Å². The highest BCUT2D eigenvalue weighted by Gasteiger charge is 2.19. The fraction of sp³-hybridized carbons (Fsp3) is 0.280. The van der Waals surface area contributed by atoms with Crippen LogP contribution in [0.4, 0.5) is 4.39 Å². The van der Waals surface area contributed by atoms with E-state index in [0.717, 1.165) is 32.6 Å². The molecular formula is C25H31FN4OS. The van der Waals surface area contributed by atoms with Crippen LogP contribution in [-0.2, 0) is 6.54 Å². The molecule has 5 nitrogen and oxygen atoms in total. The third-order valence-electron chi connectivity index (χ3n) is 5.46. The zero-order valence-electron chi connectivity index (χ0n) is 19.4. The second kappa shape index (κ2) is 9.81. The minimum absolute atomic E-state index is 0.0712. The molecule has 1 atom stereocenters. The van der Waals surface area contributed by atoms with Gasteiger partial charge in [-0.15, -0.1) is 0 Å². The Bertz CT molecular complexity index is 1210. The number of halogens is 1. The van der Waals surface area contributed by atoms with Gasteiger partial charge < -0.3 is 15.2 Å². The van der Waals surface area contributed by atoms with Crippen LogP contribution >= 0.6 is 10.7 Å². The first-order chi connectivity index (χ1) is 15.1. The van der Waals surface area contributed by atoms with Crippen molar-refractivity contribution >= 4 is 33.4 Å². The van der Waals surface area contributed by atoms with Gasteiger partial charge in [0.1, 0.15) is 5.83 Å². The molecule has 2 N–H and O–H groups in total. The van der Waals surface area contributed by atoms with Crippen molar-refractivity contribution in [3.63, 3.8) is 0 Å². The van der Waals surface area contributed by atoms with Crippen molar-refractivity contribution in [3.8, 4) is 11.1 Å². The predicted octanol–water partition coefficient (Wildman–Crippen LogP) is 4.67. The average Bonchev–Trinajstić information content (AvgIpc) is 3.03. The molecule has 2 aromatic carbocycles. The maximum Gasteiger partial charge on any atom is 0.253 e. The molecule has 0 saturated heterocycles. The quantitative estimate of drug-likeness (QED) is 0.528. The minimum atomic E-state index is -0.300. The van der Waals surface area contributed by atoms with Crippen molar-refractivity contribution in [1.29, 1.82) is 0 Å². The fourth-order valence-corrected chi connectivity index (χ4v) is 4.71. The number of carbonyl (C=O) groups is 1. The maximum absolute atomic E-state index is 14.5. The van der Waals surface area contributed by atoms with Gasteiger partial charge in [0, 0.05) is 53.3 Å². The Kier molecular flexibility index (Phi) is 7.33. The van der Waals surface area contributed by atoms with E-state index in [2.05, 4.69) is 28.4 Å². The number of rotatable bonds is 7. The van der Waals surface area contributed by atoms with E-state index in [-0.39, 0.29) is 35.5 Å². The molecule has 1 aromatic heterocycles. The molecule has 3 rings (SSSR count). The Morgan fingerprint density at radius 1 is 1.19 bits per heavy atom. The number of amides is 1. The second-order valence-electron chi connectivity index (χ2n) is 8.07. The number of carbonyl (C=O) groups excluding carboxylic acids is 1. The SMILES string of the molecule is C=S(c1cccc(-c2c(C)n(C/C(F)=C/CN)c3ccc(C(=O)N(C)C)cc23)c1)N(C)C. The van der Waals surface area contributed by atoms with Crippen molar-refractivity contribution in [3.05, 3.63) is 65.6 Å². The first-order valence-electron chi connectivity index (χ1n) is 10.4. The first-order valence-corrected chi connectivity index (χ1v) is 11.7. The van der Waals surface area contributed by atoms with E-state index in [1.807, 2.05) is 43.8 Å².